The number of aliphatic hydroxyl groups is 1. The van der Waals surface area contributed by atoms with Crippen molar-refractivity contribution in [3.05, 3.63) is 0 Å². The number of carbonyl (C=O) groups is 1. The Labute approximate surface area is 92.5 Å². The molecule has 3 nitrogen and oxygen atoms in total. The Hall–Kier alpha value is -0.570. The van der Waals surface area contributed by atoms with Crippen molar-refractivity contribution in [1.29, 1.82) is 0 Å². The summed E-state index contributed by atoms with van der Waals surface area (Å²) in [4.78, 5) is 13.6. The van der Waals surface area contributed by atoms with E-state index in [1.165, 1.54) is 0 Å². The van der Waals surface area contributed by atoms with Gasteiger partial charge in [0.2, 0.25) is 5.91 Å². The zero-order chi connectivity index (χ0) is 11.3. The normalized spacial score (nSPS) is 26.3. The first-order chi connectivity index (χ1) is 7.15. The van der Waals surface area contributed by atoms with Gasteiger partial charge in [-0.2, -0.15) is 0 Å². The average Bonchev–Trinajstić information content (AvgIpc) is 2.26. The summed E-state index contributed by atoms with van der Waals surface area (Å²) in [6.07, 6.45) is 6.19. The molecule has 0 heterocycles. The zero-order valence-corrected chi connectivity index (χ0v) is 9.91. The minimum Gasteiger partial charge on any atom is -0.393 e. The van der Waals surface area contributed by atoms with Gasteiger partial charge in [-0.1, -0.05) is 13.3 Å². The third-order valence-electron chi connectivity index (χ3n) is 3.35. The smallest absolute Gasteiger partial charge is 0.222 e. The number of hydrogen-bond donors (Lipinski definition) is 1. The van der Waals surface area contributed by atoms with E-state index < -0.39 is 0 Å². The monoisotopic (exact) mass is 213 g/mol. The lowest BCUT2D eigenvalue weighted by molar-refractivity contribution is -0.133. The summed E-state index contributed by atoms with van der Waals surface area (Å²) in [6.45, 7) is 2.10. The Bertz CT molecular complexity index is 198. The van der Waals surface area contributed by atoms with Crippen LogP contribution in [0.3, 0.4) is 0 Å². The van der Waals surface area contributed by atoms with Crippen LogP contribution in [0.25, 0.3) is 0 Å². The molecular formula is C12H23NO2. The molecule has 0 unspecified atom stereocenters. The predicted octanol–water partition coefficient (Wildman–Crippen LogP) is 1.94. The van der Waals surface area contributed by atoms with Gasteiger partial charge < -0.3 is 10.0 Å². The maximum Gasteiger partial charge on any atom is 0.222 e. The van der Waals surface area contributed by atoms with Gasteiger partial charge in [0.05, 0.1) is 6.10 Å². The van der Waals surface area contributed by atoms with Crippen LogP contribution in [0, 0.1) is 0 Å². The fourth-order valence-corrected chi connectivity index (χ4v) is 2.15. The van der Waals surface area contributed by atoms with Crippen molar-refractivity contribution in [3.63, 3.8) is 0 Å². The van der Waals surface area contributed by atoms with Gasteiger partial charge in [-0.25, -0.2) is 0 Å². The van der Waals surface area contributed by atoms with Crippen molar-refractivity contribution in [3.8, 4) is 0 Å². The molecule has 3 heteroatoms. The lowest BCUT2D eigenvalue weighted by atomic mass is 9.92. The lowest BCUT2D eigenvalue weighted by Gasteiger charge is -2.33. The third-order valence-corrected chi connectivity index (χ3v) is 3.35. The van der Waals surface area contributed by atoms with E-state index in [2.05, 4.69) is 6.92 Å². The lowest BCUT2D eigenvalue weighted by Crippen LogP contribution is -2.40. The van der Waals surface area contributed by atoms with E-state index in [0.717, 1.165) is 38.5 Å². The molecule has 0 aromatic rings. The molecule has 1 saturated carbocycles. The van der Waals surface area contributed by atoms with Crippen molar-refractivity contribution >= 4 is 5.91 Å². The number of hydrogen-bond acceptors (Lipinski definition) is 2. The molecule has 0 aliphatic heterocycles. The number of amides is 1. The molecule has 0 radical (unpaired) electrons. The summed E-state index contributed by atoms with van der Waals surface area (Å²) >= 11 is 0. The van der Waals surface area contributed by atoms with Crippen molar-refractivity contribution < 1.29 is 9.90 Å². The minimum absolute atomic E-state index is 0.139. The molecule has 1 N–H and O–H groups in total. The number of rotatable bonds is 4. The number of carbonyl (C=O) groups excluding carboxylic acids is 1. The van der Waals surface area contributed by atoms with Crippen molar-refractivity contribution in [2.24, 2.45) is 0 Å². The second kappa shape index (κ2) is 6.11. The highest BCUT2D eigenvalue weighted by molar-refractivity contribution is 5.76. The van der Waals surface area contributed by atoms with Crippen LogP contribution in [0.15, 0.2) is 0 Å². The summed E-state index contributed by atoms with van der Waals surface area (Å²) in [5, 5.41) is 9.39. The molecular weight excluding hydrogens is 190 g/mol. The molecule has 0 atom stereocenters. The molecule has 0 aromatic carbocycles. The summed E-state index contributed by atoms with van der Waals surface area (Å²) in [7, 11) is 1.90. The van der Waals surface area contributed by atoms with Crippen LogP contribution in [0.1, 0.15) is 51.9 Å². The van der Waals surface area contributed by atoms with Gasteiger partial charge in [-0.05, 0) is 32.1 Å². The first-order valence-electron chi connectivity index (χ1n) is 6.08. The largest absolute Gasteiger partial charge is 0.393 e. The maximum absolute atomic E-state index is 11.7. The first-order valence-corrected chi connectivity index (χ1v) is 6.08. The van der Waals surface area contributed by atoms with Crippen molar-refractivity contribution in [1.82, 2.24) is 4.90 Å². The van der Waals surface area contributed by atoms with Gasteiger partial charge in [-0.3, -0.25) is 4.79 Å². The van der Waals surface area contributed by atoms with Crippen LogP contribution in [0.4, 0.5) is 0 Å². The molecule has 1 rings (SSSR count). The minimum atomic E-state index is -0.139. The molecule has 1 amide bonds. The fraction of sp³-hybridized carbons (Fsp3) is 0.917. The van der Waals surface area contributed by atoms with Gasteiger partial charge in [-0.15, -0.1) is 0 Å². The molecule has 0 saturated heterocycles. The molecule has 15 heavy (non-hydrogen) atoms. The van der Waals surface area contributed by atoms with Crippen LogP contribution in [-0.4, -0.2) is 35.1 Å². The predicted molar refractivity (Wildman–Crippen MR) is 60.6 cm³/mol. The second-order valence-corrected chi connectivity index (χ2v) is 4.57. The molecule has 1 aliphatic carbocycles. The maximum atomic E-state index is 11.7. The number of nitrogens with zero attached hydrogens (tertiary/aromatic N) is 1. The first kappa shape index (κ1) is 12.5. The summed E-state index contributed by atoms with van der Waals surface area (Å²) < 4.78 is 0. The van der Waals surface area contributed by atoms with Crippen LogP contribution >= 0.6 is 0 Å². The highest BCUT2D eigenvalue weighted by atomic mass is 16.3. The Balaban J connectivity index is 2.32. The fourth-order valence-electron chi connectivity index (χ4n) is 2.15. The number of aliphatic hydroxyl groups excluding tert-OH is 1. The highest BCUT2D eigenvalue weighted by Crippen LogP contribution is 2.22. The van der Waals surface area contributed by atoms with E-state index in [1.807, 2.05) is 11.9 Å². The van der Waals surface area contributed by atoms with Crippen LogP contribution in [0.5, 0.6) is 0 Å². The topological polar surface area (TPSA) is 40.5 Å². The Morgan fingerprint density at radius 2 is 1.93 bits per heavy atom. The van der Waals surface area contributed by atoms with Crippen LogP contribution < -0.4 is 0 Å². The third kappa shape index (κ3) is 3.82. The van der Waals surface area contributed by atoms with Gasteiger partial charge in [0.25, 0.3) is 0 Å². The Morgan fingerprint density at radius 1 is 1.33 bits per heavy atom. The van der Waals surface area contributed by atoms with E-state index in [1.54, 1.807) is 0 Å². The molecule has 0 bridgehead atoms. The van der Waals surface area contributed by atoms with Gasteiger partial charge >= 0.3 is 0 Å². The quantitative estimate of drug-likeness (QED) is 0.775. The number of unbranched alkanes of at least 4 members (excludes halogenated alkanes) is 1. The standard InChI is InChI=1S/C12H23NO2/c1-3-4-5-12(15)13(2)10-6-8-11(14)9-7-10/h10-11,14H,3-9H2,1-2H3. The summed E-state index contributed by atoms with van der Waals surface area (Å²) in [5.74, 6) is 0.262. The van der Waals surface area contributed by atoms with Crippen molar-refractivity contribution in [2.75, 3.05) is 7.05 Å². The van der Waals surface area contributed by atoms with E-state index in [-0.39, 0.29) is 12.0 Å². The van der Waals surface area contributed by atoms with E-state index >= 15 is 0 Å². The van der Waals surface area contributed by atoms with Crippen molar-refractivity contribution in [2.45, 2.75) is 64.0 Å². The average molecular weight is 213 g/mol. The SMILES string of the molecule is CCCCC(=O)N(C)C1CCC(O)CC1. The Morgan fingerprint density at radius 3 is 2.47 bits per heavy atom. The van der Waals surface area contributed by atoms with E-state index in [4.69, 9.17) is 0 Å². The van der Waals surface area contributed by atoms with Crippen LogP contribution in [0.2, 0.25) is 0 Å². The molecule has 0 spiro atoms. The summed E-state index contributed by atoms with van der Waals surface area (Å²) in [5.41, 5.74) is 0. The molecule has 1 fully saturated rings. The molecule has 0 aromatic heterocycles. The second-order valence-electron chi connectivity index (χ2n) is 4.57. The van der Waals surface area contributed by atoms with Gasteiger partial charge in [0.1, 0.15) is 0 Å². The Kier molecular flexibility index (Phi) is 5.09. The molecule has 88 valence electrons. The zero-order valence-electron chi connectivity index (χ0n) is 9.91. The molecule has 1 aliphatic rings. The highest BCUT2D eigenvalue weighted by Gasteiger charge is 2.24. The summed E-state index contributed by atoms with van der Waals surface area (Å²) in [6, 6.07) is 0.359. The van der Waals surface area contributed by atoms with E-state index in [9.17, 15) is 9.90 Å². The van der Waals surface area contributed by atoms with Gasteiger partial charge in [0.15, 0.2) is 0 Å². The van der Waals surface area contributed by atoms with E-state index in [0.29, 0.717) is 12.5 Å². The van der Waals surface area contributed by atoms with Gasteiger partial charge in [0, 0.05) is 19.5 Å². The van der Waals surface area contributed by atoms with Crippen LogP contribution in [-0.2, 0) is 4.79 Å².